The molecule has 1 aromatic rings. The molecule has 0 nitrogen and oxygen atoms in total. The first-order chi connectivity index (χ1) is 5.63. The third-order valence-corrected chi connectivity index (χ3v) is 1.93. The first-order valence-electron chi connectivity index (χ1n) is 4.18. The van der Waals surface area contributed by atoms with E-state index in [0.717, 1.165) is 5.57 Å². The van der Waals surface area contributed by atoms with Crippen LogP contribution in [0.25, 0.3) is 5.57 Å². The molecule has 1 radical (unpaired) electrons. The van der Waals surface area contributed by atoms with Crippen molar-refractivity contribution < 1.29 is 0 Å². The van der Waals surface area contributed by atoms with Crippen molar-refractivity contribution in [3.63, 3.8) is 0 Å². The van der Waals surface area contributed by atoms with Crippen LogP contribution in [0.5, 0.6) is 0 Å². The van der Waals surface area contributed by atoms with Gasteiger partial charge in [0, 0.05) is 0 Å². The third-order valence-electron chi connectivity index (χ3n) is 1.93. The van der Waals surface area contributed by atoms with Crippen molar-refractivity contribution in [1.82, 2.24) is 0 Å². The van der Waals surface area contributed by atoms with Gasteiger partial charge >= 0.3 is 0 Å². The first-order valence-corrected chi connectivity index (χ1v) is 4.18. The van der Waals surface area contributed by atoms with Crippen molar-refractivity contribution in [3.8, 4) is 0 Å². The molecule has 0 aromatic heterocycles. The standard InChI is InChI=1S/C12H15/c1-9(2)11-7-5-6-8-12(11)10(3)4/h5-8H,1H2,2-4H3. The predicted molar refractivity (Wildman–Crippen MR) is 54.8 cm³/mol. The maximum Gasteiger partial charge on any atom is -0.000581 e. The molecule has 0 spiro atoms. The summed E-state index contributed by atoms with van der Waals surface area (Å²) in [6.45, 7) is 10.3. The molecule has 0 aliphatic carbocycles. The summed E-state index contributed by atoms with van der Waals surface area (Å²) in [5.41, 5.74) is 3.70. The van der Waals surface area contributed by atoms with Gasteiger partial charge in [-0.05, 0) is 24.0 Å². The predicted octanol–water partition coefficient (Wildman–Crippen LogP) is 3.68. The summed E-state index contributed by atoms with van der Waals surface area (Å²) in [6.07, 6.45) is 0. The Morgan fingerprint density at radius 2 is 1.50 bits per heavy atom. The van der Waals surface area contributed by atoms with Crippen LogP contribution in [-0.4, -0.2) is 0 Å². The van der Waals surface area contributed by atoms with Crippen LogP contribution >= 0.6 is 0 Å². The molecule has 0 atom stereocenters. The van der Waals surface area contributed by atoms with E-state index in [9.17, 15) is 0 Å². The molecular weight excluding hydrogens is 144 g/mol. The number of allylic oxidation sites excluding steroid dienone is 1. The lowest BCUT2D eigenvalue weighted by molar-refractivity contribution is 1.14. The Kier molecular flexibility index (Phi) is 2.69. The zero-order valence-electron chi connectivity index (χ0n) is 8.02. The van der Waals surface area contributed by atoms with Gasteiger partial charge in [-0.3, -0.25) is 0 Å². The van der Waals surface area contributed by atoms with Crippen LogP contribution in [0.4, 0.5) is 0 Å². The normalized spacial score (nSPS) is 10.3. The van der Waals surface area contributed by atoms with Crippen molar-refractivity contribution in [3.05, 3.63) is 47.9 Å². The Hall–Kier alpha value is -1.04. The van der Waals surface area contributed by atoms with Gasteiger partial charge in [0.05, 0.1) is 0 Å². The summed E-state index contributed by atoms with van der Waals surface area (Å²) >= 11 is 0. The fourth-order valence-corrected chi connectivity index (χ4v) is 1.29. The molecule has 0 unspecified atom stereocenters. The zero-order chi connectivity index (χ0) is 9.14. The fourth-order valence-electron chi connectivity index (χ4n) is 1.29. The maximum atomic E-state index is 3.96. The second-order valence-corrected chi connectivity index (χ2v) is 3.33. The Bertz CT molecular complexity index is 282. The molecule has 63 valence electrons. The molecule has 0 bridgehead atoms. The van der Waals surface area contributed by atoms with E-state index < -0.39 is 0 Å². The Balaban J connectivity index is 3.17. The minimum absolute atomic E-state index is 1.13. The Morgan fingerprint density at radius 3 is 1.83 bits per heavy atom. The molecule has 1 rings (SSSR count). The van der Waals surface area contributed by atoms with E-state index >= 15 is 0 Å². The van der Waals surface area contributed by atoms with Gasteiger partial charge in [0.1, 0.15) is 0 Å². The Labute approximate surface area is 74.9 Å². The van der Waals surface area contributed by atoms with E-state index in [1.165, 1.54) is 17.0 Å². The molecule has 0 N–H and O–H groups in total. The van der Waals surface area contributed by atoms with Gasteiger partial charge in [-0.15, -0.1) is 0 Å². The minimum Gasteiger partial charge on any atom is -0.0955 e. The number of benzene rings is 1. The highest BCUT2D eigenvalue weighted by atomic mass is 14.1. The van der Waals surface area contributed by atoms with E-state index in [4.69, 9.17) is 0 Å². The van der Waals surface area contributed by atoms with Crippen molar-refractivity contribution >= 4 is 5.57 Å². The summed E-state index contributed by atoms with van der Waals surface area (Å²) in [7, 11) is 0. The van der Waals surface area contributed by atoms with Gasteiger partial charge in [-0.25, -0.2) is 0 Å². The SMILES string of the molecule is C=C(C)c1ccccc1[C](C)C. The molecule has 0 aliphatic rings. The average Bonchev–Trinajstić information content (AvgIpc) is 2.04. The zero-order valence-corrected chi connectivity index (χ0v) is 8.02. The highest BCUT2D eigenvalue weighted by Crippen LogP contribution is 2.23. The molecule has 0 fully saturated rings. The molecule has 12 heavy (non-hydrogen) atoms. The van der Waals surface area contributed by atoms with Crippen LogP contribution in [-0.2, 0) is 0 Å². The van der Waals surface area contributed by atoms with E-state index in [0.29, 0.717) is 0 Å². The average molecular weight is 159 g/mol. The lowest BCUT2D eigenvalue weighted by Gasteiger charge is -2.11. The van der Waals surface area contributed by atoms with E-state index in [2.05, 4.69) is 44.7 Å². The summed E-state index contributed by atoms with van der Waals surface area (Å²) in [6, 6.07) is 8.37. The molecule has 0 amide bonds. The van der Waals surface area contributed by atoms with Gasteiger partial charge < -0.3 is 0 Å². The second-order valence-electron chi connectivity index (χ2n) is 3.33. The molecular formula is C12H15. The van der Waals surface area contributed by atoms with Crippen LogP contribution in [0.3, 0.4) is 0 Å². The van der Waals surface area contributed by atoms with Crippen LogP contribution < -0.4 is 0 Å². The van der Waals surface area contributed by atoms with Gasteiger partial charge in [0.25, 0.3) is 0 Å². The molecule has 0 saturated carbocycles. The van der Waals surface area contributed by atoms with Crippen molar-refractivity contribution in [2.45, 2.75) is 20.8 Å². The van der Waals surface area contributed by atoms with Crippen LogP contribution in [0.2, 0.25) is 0 Å². The smallest absolute Gasteiger partial charge is 0.000581 e. The molecule has 0 saturated heterocycles. The summed E-state index contributed by atoms with van der Waals surface area (Å²) < 4.78 is 0. The van der Waals surface area contributed by atoms with Crippen molar-refractivity contribution in [2.75, 3.05) is 0 Å². The lowest BCUT2D eigenvalue weighted by atomic mass is 9.94. The van der Waals surface area contributed by atoms with E-state index in [1.807, 2.05) is 6.92 Å². The first kappa shape index (κ1) is 9.05. The highest BCUT2D eigenvalue weighted by Gasteiger charge is 2.05. The molecule has 0 heterocycles. The highest BCUT2D eigenvalue weighted by molar-refractivity contribution is 5.66. The van der Waals surface area contributed by atoms with Gasteiger partial charge in [0.15, 0.2) is 0 Å². The quantitative estimate of drug-likeness (QED) is 0.617. The summed E-state index contributed by atoms with van der Waals surface area (Å²) in [4.78, 5) is 0. The minimum atomic E-state index is 1.13. The van der Waals surface area contributed by atoms with E-state index in [-0.39, 0.29) is 0 Å². The summed E-state index contributed by atoms with van der Waals surface area (Å²) in [5, 5.41) is 0. The van der Waals surface area contributed by atoms with Crippen molar-refractivity contribution in [2.24, 2.45) is 0 Å². The maximum absolute atomic E-state index is 3.96. The topological polar surface area (TPSA) is 0 Å². The van der Waals surface area contributed by atoms with Gasteiger partial charge in [0.2, 0.25) is 0 Å². The lowest BCUT2D eigenvalue weighted by Crippen LogP contribution is -1.93. The van der Waals surface area contributed by atoms with Gasteiger partial charge in [-0.1, -0.05) is 50.3 Å². The Morgan fingerprint density at radius 1 is 1.00 bits per heavy atom. The molecule has 0 aliphatic heterocycles. The third kappa shape index (κ3) is 1.76. The van der Waals surface area contributed by atoms with E-state index in [1.54, 1.807) is 0 Å². The van der Waals surface area contributed by atoms with Crippen molar-refractivity contribution in [1.29, 1.82) is 0 Å². The fraction of sp³-hybridized carbons (Fsp3) is 0.250. The van der Waals surface area contributed by atoms with Crippen LogP contribution in [0.15, 0.2) is 30.8 Å². The van der Waals surface area contributed by atoms with Crippen LogP contribution in [0, 0.1) is 5.92 Å². The second kappa shape index (κ2) is 3.57. The largest absolute Gasteiger partial charge is 0.0955 e. The van der Waals surface area contributed by atoms with Gasteiger partial charge in [-0.2, -0.15) is 0 Å². The summed E-state index contributed by atoms with van der Waals surface area (Å²) in [5.74, 6) is 1.34. The monoisotopic (exact) mass is 159 g/mol. The number of hydrogen-bond acceptors (Lipinski definition) is 0. The number of hydrogen-bond donors (Lipinski definition) is 0. The number of rotatable bonds is 2. The molecule has 1 aromatic carbocycles. The van der Waals surface area contributed by atoms with Crippen LogP contribution in [0.1, 0.15) is 31.9 Å². The molecule has 0 heteroatoms.